The molecular formula is C21H28N4O3S. The third-order valence-corrected chi connectivity index (χ3v) is 7.38. The van der Waals surface area contributed by atoms with Crippen molar-refractivity contribution in [2.45, 2.75) is 19.8 Å². The van der Waals surface area contributed by atoms with Crippen LogP contribution in [0.2, 0.25) is 0 Å². The minimum Gasteiger partial charge on any atom is -0.371 e. The number of pyridine rings is 1. The molecule has 1 aromatic heterocycles. The molecule has 0 unspecified atom stereocenters. The Bertz CT molecular complexity index is 1010. The van der Waals surface area contributed by atoms with Gasteiger partial charge in [0.2, 0.25) is 15.9 Å². The number of nitrogens with zero attached hydrogens (tertiary/aromatic N) is 4. The maximum absolute atomic E-state index is 12.9. The molecule has 0 aliphatic carbocycles. The van der Waals surface area contributed by atoms with Crippen molar-refractivity contribution in [3.05, 3.63) is 36.0 Å². The molecule has 2 aliphatic heterocycles. The van der Waals surface area contributed by atoms with Gasteiger partial charge in [0, 0.05) is 62.5 Å². The normalized spacial score (nSPS) is 19.7. The van der Waals surface area contributed by atoms with Crippen molar-refractivity contribution in [1.29, 1.82) is 0 Å². The molecule has 1 amide bonds. The van der Waals surface area contributed by atoms with Gasteiger partial charge in [-0.15, -0.1) is 0 Å². The molecule has 1 aromatic carbocycles. The summed E-state index contributed by atoms with van der Waals surface area (Å²) in [5.74, 6) is 0.194. The van der Waals surface area contributed by atoms with Crippen molar-refractivity contribution in [2.24, 2.45) is 5.92 Å². The number of hydrogen-bond donors (Lipinski definition) is 0. The summed E-state index contributed by atoms with van der Waals surface area (Å²) in [6, 6.07) is 8.37. The first-order valence-corrected chi connectivity index (χ1v) is 12.0. The fourth-order valence-corrected chi connectivity index (χ4v) is 5.21. The van der Waals surface area contributed by atoms with E-state index >= 15 is 0 Å². The van der Waals surface area contributed by atoms with Crippen LogP contribution in [0, 0.1) is 12.8 Å². The minimum atomic E-state index is -3.18. The van der Waals surface area contributed by atoms with Crippen LogP contribution in [0.15, 0.2) is 30.5 Å². The first-order chi connectivity index (χ1) is 13.8. The number of aryl methyl sites for hydroxylation is 1. The molecular weight excluding hydrogens is 388 g/mol. The average molecular weight is 417 g/mol. The zero-order chi connectivity index (χ0) is 20.6. The van der Waals surface area contributed by atoms with Gasteiger partial charge in [-0.25, -0.2) is 8.42 Å². The van der Waals surface area contributed by atoms with Crippen molar-refractivity contribution in [1.82, 2.24) is 14.2 Å². The maximum Gasteiger partial charge on any atom is 0.225 e. The van der Waals surface area contributed by atoms with E-state index in [2.05, 4.69) is 41.1 Å². The number of sulfonamides is 1. The van der Waals surface area contributed by atoms with Crippen molar-refractivity contribution in [3.63, 3.8) is 0 Å². The number of hydrogen-bond acceptors (Lipinski definition) is 5. The average Bonchev–Trinajstić information content (AvgIpc) is 2.72. The highest BCUT2D eigenvalue weighted by molar-refractivity contribution is 7.88. The highest BCUT2D eigenvalue weighted by Crippen LogP contribution is 2.30. The first-order valence-electron chi connectivity index (χ1n) is 10.2. The van der Waals surface area contributed by atoms with Gasteiger partial charge in [0.25, 0.3) is 0 Å². The molecule has 0 radical (unpaired) electrons. The van der Waals surface area contributed by atoms with Crippen LogP contribution in [0.3, 0.4) is 0 Å². The SMILES string of the molecule is Cc1ccc2nccc(N3CCC(C(=O)N4CCN(S(C)(=O)=O)CC4)CC3)c2c1. The van der Waals surface area contributed by atoms with Crippen LogP contribution < -0.4 is 4.90 Å². The number of carbonyl (C=O) groups excluding carboxylic acids is 1. The Balaban J connectivity index is 1.39. The number of piperazine rings is 1. The molecule has 4 rings (SSSR count). The molecule has 2 fully saturated rings. The van der Waals surface area contributed by atoms with E-state index in [0.717, 1.165) is 36.8 Å². The van der Waals surface area contributed by atoms with Crippen molar-refractivity contribution in [2.75, 3.05) is 50.4 Å². The molecule has 29 heavy (non-hydrogen) atoms. The highest BCUT2D eigenvalue weighted by Gasteiger charge is 2.32. The second-order valence-corrected chi connectivity index (χ2v) is 10.1. The highest BCUT2D eigenvalue weighted by atomic mass is 32.2. The van der Waals surface area contributed by atoms with E-state index in [1.165, 1.54) is 21.8 Å². The molecule has 2 saturated heterocycles. The van der Waals surface area contributed by atoms with E-state index in [4.69, 9.17) is 0 Å². The quantitative estimate of drug-likeness (QED) is 0.764. The Morgan fingerprint density at radius 1 is 1.03 bits per heavy atom. The second-order valence-electron chi connectivity index (χ2n) is 8.10. The molecule has 7 nitrogen and oxygen atoms in total. The second kappa shape index (κ2) is 7.91. The fraction of sp³-hybridized carbons (Fsp3) is 0.524. The predicted octanol–water partition coefficient (Wildman–Crippen LogP) is 1.86. The summed E-state index contributed by atoms with van der Waals surface area (Å²) < 4.78 is 24.8. The van der Waals surface area contributed by atoms with Gasteiger partial charge in [0.15, 0.2) is 0 Å². The van der Waals surface area contributed by atoms with Crippen molar-refractivity contribution >= 4 is 32.5 Å². The van der Waals surface area contributed by atoms with Crippen LogP contribution in [-0.4, -0.2) is 74.0 Å². The number of piperidine rings is 1. The standard InChI is InChI=1S/C21H28N4O3S/c1-16-3-4-19-18(15-16)20(5-8-22-19)23-9-6-17(7-10-23)21(26)24-11-13-25(14-12-24)29(2,27)28/h3-5,8,15,17H,6-7,9-14H2,1-2H3. The van der Waals surface area contributed by atoms with Crippen LogP contribution >= 0.6 is 0 Å². The van der Waals surface area contributed by atoms with Crippen LogP contribution in [-0.2, 0) is 14.8 Å². The molecule has 0 N–H and O–H groups in total. The third kappa shape index (κ3) is 4.23. The first kappa shape index (κ1) is 20.1. The summed E-state index contributed by atoms with van der Waals surface area (Å²) >= 11 is 0. The molecule has 2 aliphatic rings. The van der Waals surface area contributed by atoms with Crippen LogP contribution in [0.25, 0.3) is 10.9 Å². The Hall–Kier alpha value is -2.19. The molecule has 8 heteroatoms. The lowest BCUT2D eigenvalue weighted by Gasteiger charge is -2.38. The summed E-state index contributed by atoms with van der Waals surface area (Å²) in [6.07, 6.45) is 4.72. The number of fused-ring (bicyclic) bond motifs is 1. The zero-order valence-corrected chi connectivity index (χ0v) is 17.9. The maximum atomic E-state index is 12.9. The lowest BCUT2D eigenvalue weighted by molar-refractivity contribution is -0.137. The summed E-state index contributed by atoms with van der Waals surface area (Å²) in [4.78, 5) is 21.6. The van der Waals surface area contributed by atoms with Gasteiger partial charge in [-0.3, -0.25) is 9.78 Å². The molecule has 0 atom stereocenters. The number of rotatable bonds is 3. The Kier molecular flexibility index (Phi) is 5.48. The van der Waals surface area contributed by atoms with E-state index in [9.17, 15) is 13.2 Å². The van der Waals surface area contributed by atoms with Crippen LogP contribution in [0.5, 0.6) is 0 Å². The van der Waals surface area contributed by atoms with Crippen molar-refractivity contribution < 1.29 is 13.2 Å². The number of anilines is 1. The third-order valence-electron chi connectivity index (χ3n) is 6.08. The van der Waals surface area contributed by atoms with Crippen LogP contribution in [0.4, 0.5) is 5.69 Å². The van der Waals surface area contributed by atoms with Gasteiger partial charge in [-0.2, -0.15) is 4.31 Å². The van der Waals surface area contributed by atoms with Gasteiger partial charge < -0.3 is 9.80 Å². The minimum absolute atomic E-state index is 0.0193. The van der Waals surface area contributed by atoms with E-state index in [0.29, 0.717) is 26.2 Å². The fourth-order valence-electron chi connectivity index (χ4n) is 4.39. The lowest BCUT2D eigenvalue weighted by Crippen LogP contribution is -2.52. The van der Waals surface area contributed by atoms with E-state index in [1.54, 1.807) is 0 Å². The predicted molar refractivity (Wildman–Crippen MR) is 114 cm³/mol. The topological polar surface area (TPSA) is 73.8 Å². The van der Waals surface area contributed by atoms with Gasteiger partial charge >= 0.3 is 0 Å². The summed E-state index contributed by atoms with van der Waals surface area (Å²) in [5.41, 5.74) is 3.39. The van der Waals surface area contributed by atoms with Gasteiger partial charge in [0.1, 0.15) is 0 Å². The zero-order valence-electron chi connectivity index (χ0n) is 17.0. The number of carbonyl (C=O) groups is 1. The monoisotopic (exact) mass is 416 g/mol. The molecule has 0 saturated carbocycles. The molecule has 156 valence electrons. The number of benzene rings is 1. The smallest absolute Gasteiger partial charge is 0.225 e. The Morgan fingerprint density at radius 2 is 1.72 bits per heavy atom. The van der Waals surface area contributed by atoms with Gasteiger partial charge in [-0.1, -0.05) is 11.6 Å². The van der Waals surface area contributed by atoms with Crippen molar-refractivity contribution in [3.8, 4) is 0 Å². The Morgan fingerprint density at radius 3 is 2.38 bits per heavy atom. The van der Waals surface area contributed by atoms with Gasteiger partial charge in [-0.05, 0) is 38.0 Å². The van der Waals surface area contributed by atoms with E-state index in [1.807, 2.05) is 11.1 Å². The lowest BCUT2D eigenvalue weighted by atomic mass is 9.94. The summed E-state index contributed by atoms with van der Waals surface area (Å²) in [7, 11) is -3.18. The van der Waals surface area contributed by atoms with E-state index < -0.39 is 10.0 Å². The van der Waals surface area contributed by atoms with E-state index in [-0.39, 0.29) is 11.8 Å². The van der Waals surface area contributed by atoms with Gasteiger partial charge in [0.05, 0.1) is 11.8 Å². The molecule has 0 spiro atoms. The Labute approximate surface area is 172 Å². The molecule has 2 aromatic rings. The number of aromatic nitrogens is 1. The molecule has 0 bridgehead atoms. The number of amides is 1. The largest absolute Gasteiger partial charge is 0.371 e. The van der Waals surface area contributed by atoms with Crippen LogP contribution in [0.1, 0.15) is 18.4 Å². The summed E-state index contributed by atoms with van der Waals surface area (Å²) in [6.45, 7) is 5.53. The molecule has 3 heterocycles. The summed E-state index contributed by atoms with van der Waals surface area (Å²) in [5, 5.41) is 1.16.